The number of rotatable bonds is 5. The molecule has 0 aliphatic heterocycles. The maximum atomic E-state index is 9.58. The van der Waals surface area contributed by atoms with Gasteiger partial charge in [-0.1, -0.05) is 19.1 Å². The Hall–Kier alpha value is -1.39. The van der Waals surface area contributed by atoms with Gasteiger partial charge >= 0.3 is 0 Å². The van der Waals surface area contributed by atoms with E-state index in [-0.39, 0.29) is 0 Å². The van der Waals surface area contributed by atoms with Crippen LogP contribution in [0.5, 0.6) is 5.75 Å². The Labute approximate surface area is 117 Å². The minimum Gasteiger partial charge on any atom is -0.508 e. The number of benzene rings is 1. The van der Waals surface area contributed by atoms with Crippen molar-refractivity contribution in [2.24, 2.45) is 0 Å². The van der Waals surface area contributed by atoms with Crippen molar-refractivity contribution in [2.45, 2.75) is 32.2 Å². The van der Waals surface area contributed by atoms with E-state index in [1.54, 1.807) is 23.5 Å². The summed E-state index contributed by atoms with van der Waals surface area (Å²) in [6.07, 6.45) is 2.53. The van der Waals surface area contributed by atoms with Gasteiger partial charge in [-0.15, -0.1) is 11.3 Å². The Bertz CT molecular complexity index is 575. The first-order chi connectivity index (χ1) is 9.28. The van der Waals surface area contributed by atoms with Crippen LogP contribution < -0.4 is 5.32 Å². The van der Waals surface area contributed by atoms with Crippen LogP contribution in [-0.2, 0) is 6.54 Å². The van der Waals surface area contributed by atoms with Crippen molar-refractivity contribution in [3.63, 3.8) is 0 Å². The largest absolute Gasteiger partial charge is 0.508 e. The summed E-state index contributed by atoms with van der Waals surface area (Å²) >= 11 is 1.74. The van der Waals surface area contributed by atoms with Crippen LogP contribution >= 0.6 is 11.3 Å². The first kappa shape index (κ1) is 12.6. The van der Waals surface area contributed by atoms with Crippen molar-refractivity contribution in [3.8, 4) is 16.3 Å². The van der Waals surface area contributed by atoms with Crippen LogP contribution in [0.3, 0.4) is 0 Å². The van der Waals surface area contributed by atoms with Crippen molar-refractivity contribution in [3.05, 3.63) is 34.8 Å². The smallest absolute Gasteiger partial charge is 0.124 e. The molecule has 3 rings (SSSR count). The van der Waals surface area contributed by atoms with Crippen LogP contribution in [0.25, 0.3) is 10.6 Å². The first-order valence-electron chi connectivity index (χ1n) is 6.77. The quantitative estimate of drug-likeness (QED) is 0.877. The van der Waals surface area contributed by atoms with E-state index in [0.29, 0.717) is 11.7 Å². The minimum absolute atomic E-state index is 0.300. The Kier molecular flexibility index (Phi) is 3.53. The lowest BCUT2D eigenvalue weighted by molar-refractivity contribution is 0.475. The zero-order valence-electron chi connectivity index (χ0n) is 11.0. The number of aromatic nitrogens is 1. The van der Waals surface area contributed by atoms with Crippen LogP contribution in [0.15, 0.2) is 24.3 Å². The average Bonchev–Trinajstić information content (AvgIpc) is 3.17. The summed E-state index contributed by atoms with van der Waals surface area (Å²) in [7, 11) is 0. The van der Waals surface area contributed by atoms with E-state index >= 15 is 0 Å². The standard InChI is InChI=1S/C15H18N2OS/c1-2-16-9-13-14(10-6-7-10)17-15(19-13)11-4-3-5-12(18)8-11/h3-5,8,10,16,18H,2,6-7,9H2,1H3. The van der Waals surface area contributed by atoms with E-state index in [0.717, 1.165) is 23.7 Å². The van der Waals surface area contributed by atoms with Crippen molar-refractivity contribution in [1.82, 2.24) is 10.3 Å². The SMILES string of the molecule is CCNCc1sc(-c2cccc(O)c2)nc1C1CC1. The van der Waals surface area contributed by atoms with Crippen molar-refractivity contribution in [1.29, 1.82) is 0 Å². The molecule has 3 nitrogen and oxygen atoms in total. The van der Waals surface area contributed by atoms with Gasteiger partial charge in [-0.2, -0.15) is 0 Å². The van der Waals surface area contributed by atoms with Crippen LogP contribution in [0.2, 0.25) is 0 Å². The molecule has 1 aliphatic carbocycles. The maximum absolute atomic E-state index is 9.58. The number of hydrogen-bond acceptors (Lipinski definition) is 4. The third-order valence-corrected chi connectivity index (χ3v) is 4.44. The molecule has 100 valence electrons. The summed E-state index contributed by atoms with van der Waals surface area (Å²) in [6, 6.07) is 7.35. The molecule has 0 atom stereocenters. The molecule has 0 saturated heterocycles. The third kappa shape index (κ3) is 2.80. The Morgan fingerprint density at radius 1 is 1.42 bits per heavy atom. The number of aromatic hydroxyl groups is 1. The second-order valence-electron chi connectivity index (χ2n) is 4.93. The van der Waals surface area contributed by atoms with Crippen LogP contribution in [0.1, 0.15) is 36.3 Å². The predicted octanol–water partition coefficient (Wildman–Crippen LogP) is 3.50. The van der Waals surface area contributed by atoms with Crippen LogP contribution in [-0.4, -0.2) is 16.6 Å². The van der Waals surface area contributed by atoms with Gasteiger partial charge in [0.2, 0.25) is 0 Å². The summed E-state index contributed by atoms with van der Waals surface area (Å²) in [4.78, 5) is 6.15. The van der Waals surface area contributed by atoms with Crippen LogP contribution in [0.4, 0.5) is 0 Å². The number of phenolic OH excluding ortho intramolecular Hbond substituents is 1. The molecule has 1 aliphatic rings. The highest BCUT2D eigenvalue weighted by Gasteiger charge is 2.29. The van der Waals surface area contributed by atoms with Crippen molar-refractivity contribution in [2.75, 3.05) is 6.54 Å². The molecule has 2 N–H and O–H groups in total. The highest BCUT2D eigenvalue weighted by molar-refractivity contribution is 7.15. The molecule has 0 unspecified atom stereocenters. The third-order valence-electron chi connectivity index (χ3n) is 3.32. The Morgan fingerprint density at radius 3 is 2.95 bits per heavy atom. The Morgan fingerprint density at radius 2 is 2.26 bits per heavy atom. The molecule has 0 bridgehead atoms. The first-order valence-corrected chi connectivity index (χ1v) is 7.59. The summed E-state index contributed by atoms with van der Waals surface area (Å²) < 4.78 is 0. The fraction of sp³-hybridized carbons (Fsp3) is 0.400. The summed E-state index contributed by atoms with van der Waals surface area (Å²) in [6.45, 7) is 4.00. The molecule has 1 aromatic heterocycles. The molecule has 1 heterocycles. The number of nitrogens with one attached hydrogen (secondary N) is 1. The minimum atomic E-state index is 0.300. The van der Waals surface area contributed by atoms with E-state index in [1.807, 2.05) is 12.1 Å². The van der Waals surface area contributed by atoms with Gasteiger partial charge in [0.25, 0.3) is 0 Å². The molecule has 19 heavy (non-hydrogen) atoms. The second kappa shape index (κ2) is 5.31. The van der Waals surface area contributed by atoms with Gasteiger partial charge in [-0.05, 0) is 31.5 Å². The van der Waals surface area contributed by atoms with E-state index in [1.165, 1.54) is 23.4 Å². The van der Waals surface area contributed by atoms with E-state index in [9.17, 15) is 5.11 Å². The highest BCUT2D eigenvalue weighted by atomic mass is 32.1. The lowest BCUT2D eigenvalue weighted by Crippen LogP contribution is -2.11. The van der Waals surface area contributed by atoms with E-state index in [2.05, 4.69) is 12.2 Å². The van der Waals surface area contributed by atoms with Gasteiger partial charge < -0.3 is 10.4 Å². The van der Waals surface area contributed by atoms with Gasteiger partial charge in [-0.3, -0.25) is 0 Å². The van der Waals surface area contributed by atoms with Gasteiger partial charge in [0.1, 0.15) is 10.8 Å². The van der Waals surface area contributed by atoms with E-state index < -0.39 is 0 Å². The van der Waals surface area contributed by atoms with Crippen molar-refractivity contribution < 1.29 is 5.11 Å². The highest BCUT2D eigenvalue weighted by Crippen LogP contribution is 2.44. The summed E-state index contributed by atoms with van der Waals surface area (Å²) in [5, 5.41) is 14.0. The van der Waals surface area contributed by atoms with Gasteiger partial charge in [0.05, 0.1) is 5.69 Å². The molecule has 2 aromatic rings. The van der Waals surface area contributed by atoms with Crippen molar-refractivity contribution >= 4 is 11.3 Å². The average molecular weight is 274 g/mol. The van der Waals surface area contributed by atoms with E-state index in [4.69, 9.17) is 4.98 Å². The number of nitrogens with zero attached hydrogens (tertiary/aromatic N) is 1. The normalized spacial score (nSPS) is 14.8. The zero-order chi connectivity index (χ0) is 13.2. The summed E-state index contributed by atoms with van der Waals surface area (Å²) in [5.74, 6) is 0.963. The van der Waals surface area contributed by atoms with Gasteiger partial charge in [0.15, 0.2) is 0 Å². The number of thiazole rings is 1. The lowest BCUT2D eigenvalue weighted by atomic mass is 10.2. The molecule has 1 fully saturated rings. The molecule has 0 spiro atoms. The Balaban J connectivity index is 1.93. The lowest BCUT2D eigenvalue weighted by Gasteiger charge is -2.00. The second-order valence-corrected chi connectivity index (χ2v) is 6.02. The molecular weight excluding hydrogens is 256 g/mol. The molecule has 4 heteroatoms. The fourth-order valence-corrected chi connectivity index (χ4v) is 3.28. The van der Waals surface area contributed by atoms with Gasteiger partial charge in [0, 0.05) is 22.9 Å². The maximum Gasteiger partial charge on any atom is 0.124 e. The molecular formula is C15H18N2OS. The molecule has 1 saturated carbocycles. The zero-order valence-corrected chi connectivity index (χ0v) is 11.8. The molecule has 1 aromatic carbocycles. The number of phenols is 1. The monoisotopic (exact) mass is 274 g/mol. The molecule has 0 amide bonds. The summed E-state index contributed by atoms with van der Waals surface area (Å²) in [5.41, 5.74) is 2.28. The van der Waals surface area contributed by atoms with Crippen LogP contribution in [0, 0.1) is 0 Å². The predicted molar refractivity (Wildman–Crippen MR) is 78.6 cm³/mol. The fourth-order valence-electron chi connectivity index (χ4n) is 2.17. The topological polar surface area (TPSA) is 45.1 Å². The number of hydrogen-bond donors (Lipinski definition) is 2. The van der Waals surface area contributed by atoms with Gasteiger partial charge in [-0.25, -0.2) is 4.98 Å². The molecule has 0 radical (unpaired) electrons.